The van der Waals surface area contributed by atoms with Crippen molar-refractivity contribution in [1.29, 1.82) is 0 Å². The van der Waals surface area contributed by atoms with Crippen LogP contribution in [0.15, 0.2) is 48.5 Å². The first-order valence-corrected chi connectivity index (χ1v) is 15.0. The summed E-state index contributed by atoms with van der Waals surface area (Å²) >= 11 is 11.7. The van der Waals surface area contributed by atoms with E-state index in [-0.39, 0.29) is 6.04 Å². The number of halogens is 1. The van der Waals surface area contributed by atoms with E-state index in [0.29, 0.717) is 54.4 Å². The third kappa shape index (κ3) is 5.80. The van der Waals surface area contributed by atoms with Crippen LogP contribution in [-0.4, -0.2) is 82.5 Å². The molecule has 4 aromatic rings. The molecule has 5 heterocycles. The van der Waals surface area contributed by atoms with Gasteiger partial charge in [-0.25, -0.2) is 4.68 Å². The maximum absolute atomic E-state index is 6.14. The van der Waals surface area contributed by atoms with Gasteiger partial charge in [-0.2, -0.15) is 20.1 Å². The molecule has 1 atom stereocenters. The summed E-state index contributed by atoms with van der Waals surface area (Å²) in [6.45, 7) is 7.54. The zero-order valence-electron chi connectivity index (χ0n) is 23.6. The molecule has 0 saturated carbocycles. The molecule has 1 unspecified atom stereocenters. The molecule has 14 heteroatoms. The molecule has 0 aliphatic carbocycles. The van der Waals surface area contributed by atoms with Gasteiger partial charge < -0.3 is 35.2 Å². The van der Waals surface area contributed by atoms with Gasteiger partial charge >= 0.3 is 0 Å². The summed E-state index contributed by atoms with van der Waals surface area (Å²) in [4.78, 5) is 18.6. The van der Waals surface area contributed by atoms with E-state index in [1.54, 1.807) is 0 Å². The number of nitrogens with one attached hydrogen (secondary N) is 3. The molecular formula is C29H31ClN10O2S. The summed E-state index contributed by atoms with van der Waals surface area (Å²) in [5, 5.41) is 16.2. The zero-order valence-corrected chi connectivity index (χ0v) is 25.2. The Bertz CT molecular complexity index is 1580. The molecule has 0 bridgehead atoms. The van der Waals surface area contributed by atoms with Gasteiger partial charge in [0.1, 0.15) is 5.82 Å². The number of benzene rings is 2. The monoisotopic (exact) mass is 618 g/mol. The smallest absolute Gasteiger partial charge is 0.233 e. The first-order chi connectivity index (χ1) is 21.0. The Morgan fingerprint density at radius 2 is 1.47 bits per heavy atom. The largest absolute Gasteiger partial charge is 0.378 e. The van der Waals surface area contributed by atoms with Crippen LogP contribution in [0, 0.1) is 6.92 Å². The maximum atomic E-state index is 6.14. The Hall–Kier alpha value is -4.04. The van der Waals surface area contributed by atoms with E-state index < -0.39 is 0 Å². The first kappa shape index (κ1) is 27.8. The predicted molar refractivity (Wildman–Crippen MR) is 170 cm³/mol. The highest BCUT2D eigenvalue weighted by atomic mass is 35.5. The van der Waals surface area contributed by atoms with Crippen LogP contribution in [0.2, 0.25) is 5.02 Å². The lowest BCUT2D eigenvalue weighted by Crippen LogP contribution is -2.40. The van der Waals surface area contributed by atoms with Crippen LogP contribution < -0.4 is 25.8 Å². The molecule has 43 heavy (non-hydrogen) atoms. The molecule has 2 saturated heterocycles. The minimum Gasteiger partial charge on any atom is -0.378 e. The quantitative estimate of drug-likeness (QED) is 0.273. The number of thiocarbonyl (C=S) groups is 1. The third-order valence-corrected chi connectivity index (χ3v) is 8.15. The average molecular weight is 619 g/mol. The van der Waals surface area contributed by atoms with Gasteiger partial charge in [0.15, 0.2) is 5.11 Å². The minimum atomic E-state index is -0.138. The van der Waals surface area contributed by atoms with Crippen LogP contribution >= 0.6 is 23.8 Å². The molecule has 2 aromatic carbocycles. The van der Waals surface area contributed by atoms with Crippen LogP contribution in [0.25, 0.3) is 5.69 Å². The maximum Gasteiger partial charge on any atom is 0.233 e. The number of ether oxygens (including phenoxy) is 2. The number of nitrogens with zero attached hydrogens (tertiary/aromatic N) is 7. The fourth-order valence-corrected chi connectivity index (χ4v) is 5.82. The highest BCUT2D eigenvalue weighted by Gasteiger charge is 2.30. The Balaban J connectivity index is 1.16. The van der Waals surface area contributed by atoms with E-state index in [1.165, 1.54) is 0 Å². The number of anilines is 5. The molecule has 3 N–H and O–H groups in total. The van der Waals surface area contributed by atoms with Crippen molar-refractivity contribution in [1.82, 2.24) is 30.0 Å². The summed E-state index contributed by atoms with van der Waals surface area (Å²) in [6, 6.07) is 15.6. The Morgan fingerprint density at radius 3 is 2.07 bits per heavy atom. The van der Waals surface area contributed by atoms with E-state index in [2.05, 4.69) is 25.8 Å². The SMILES string of the molecule is Cc1nn(-c2ccc(Nc3nc(N4CCOCC4)nc(N4CCOCC4)n3)cc2)c2c1C(c1ccc(Cl)cc1)NC(=S)N2. The molecule has 7 rings (SSSR count). The van der Waals surface area contributed by atoms with Crippen molar-refractivity contribution in [2.45, 2.75) is 13.0 Å². The molecule has 0 radical (unpaired) electrons. The molecule has 2 aromatic heterocycles. The second-order valence-electron chi connectivity index (χ2n) is 10.5. The number of hydrogen-bond donors (Lipinski definition) is 3. The lowest BCUT2D eigenvalue weighted by Gasteiger charge is -2.30. The molecule has 222 valence electrons. The second kappa shape index (κ2) is 11.9. The standard InChI is InChI=1S/C29H31ClN10O2S/c1-18-23-24(19-2-4-20(30)5-3-19)32-29(43)33-25(23)40(37-18)22-8-6-21(7-9-22)31-26-34-27(38-10-14-41-15-11-38)36-28(35-26)39-12-16-42-17-13-39/h2-9,24H,10-17H2,1H3,(H2,32,33,43)(H,31,34,35,36). The lowest BCUT2D eigenvalue weighted by atomic mass is 9.97. The summed E-state index contributed by atoms with van der Waals surface area (Å²) < 4.78 is 13.0. The van der Waals surface area contributed by atoms with Crippen molar-refractivity contribution in [3.8, 4) is 5.69 Å². The van der Waals surface area contributed by atoms with Gasteiger partial charge in [-0.3, -0.25) is 0 Å². The van der Waals surface area contributed by atoms with Crippen molar-refractivity contribution >= 4 is 58.3 Å². The van der Waals surface area contributed by atoms with E-state index in [9.17, 15) is 0 Å². The molecular weight excluding hydrogens is 588 g/mol. The normalized spacial score (nSPS) is 18.6. The number of hydrogen-bond acceptors (Lipinski definition) is 10. The highest BCUT2D eigenvalue weighted by molar-refractivity contribution is 7.80. The molecule has 2 fully saturated rings. The van der Waals surface area contributed by atoms with Gasteiger partial charge in [-0.1, -0.05) is 23.7 Å². The topological polar surface area (TPSA) is 118 Å². The van der Waals surface area contributed by atoms with E-state index in [1.807, 2.05) is 60.1 Å². The number of aryl methyl sites for hydroxylation is 1. The van der Waals surface area contributed by atoms with Crippen molar-refractivity contribution in [2.24, 2.45) is 0 Å². The Kier molecular flexibility index (Phi) is 7.70. The van der Waals surface area contributed by atoms with E-state index >= 15 is 0 Å². The van der Waals surface area contributed by atoms with Crippen molar-refractivity contribution in [3.63, 3.8) is 0 Å². The average Bonchev–Trinajstić information content (AvgIpc) is 3.37. The van der Waals surface area contributed by atoms with Crippen LogP contribution in [0.3, 0.4) is 0 Å². The van der Waals surface area contributed by atoms with Crippen LogP contribution in [0.1, 0.15) is 22.9 Å². The second-order valence-corrected chi connectivity index (χ2v) is 11.3. The first-order valence-electron chi connectivity index (χ1n) is 14.2. The van der Waals surface area contributed by atoms with Crippen LogP contribution in [-0.2, 0) is 9.47 Å². The number of fused-ring (bicyclic) bond motifs is 1. The number of rotatable bonds is 6. The van der Waals surface area contributed by atoms with Gasteiger partial charge in [0.2, 0.25) is 17.8 Å². The Labute approximate surface area is 259 Å². The van der Waals surface area contributed by atoms with Crippen molar-refractivity contribution < 1.29 is 9.47 Å². The lowest BCUT2D eigenvalue weighted by molar-refractivity contribution is 0.121. The fourth-order valence-electron chi connectivity index (χ4n) is 5.48. The third-order valence-electron chi connectivity index (χ3n) is 7.67. The minimum absolute atomic E-state index is 0.138. The summed E-state index contributed by atoms with van der Waals surface area (Å²) in [5.41, 5.74) is 4.73. The van der Waals surface area contributed by atoms with E-state index in [0.717, 1.165) is 60.2 Å². The molecule has 0 amide bonds. The molecule has 3 aliphatic rings. The van der Waals surface area contributed by atoms with Gasteiger partial charge in [0.05, 0.1) is 43.9 Å². The zero-order chi connectivity index (χ0) is 29.3. The summed E-state index contributed by atoms with van der Waals surface area (Å²) in [7, 11) is 0. The van der Waals surface area contributed by atoms with Crippen molar-refractivity contribution in [2.75, 3.05) is 73.0 Å². The Morgan fingerprint density at radius 1 is 0.860 bits per heavy atom. The fraction of sp³-hybridized carbons (Fsp3) is 0.345. The number of morpholine rings is 2. The van der Waals surface area contributed by atoms with Gasteiger partial charge in [-0.15, -0.1) is 0 Å². The van der Waals surface area contributed by atoms with Gasteiger partial charge in [-0.05, 0) is 61.1 Å². The van der Waals surface area contributed by atoms with E-state index in [4.69, 9.17) is 53.3 Å². The van der Waals surface area contributed by atoms with Gasteiger partial charge in [0, 0.05) is 42.5 Å². The van der Waals surface area contributed by atoms with Crippen LogP contribution in [0.5, 0.6) is 0 Å². The summed E-state index contributed by atoms with van der Waals surface area (Å²) in [6.07, 6.45) is 0. The summed E-state index contributed by atoms with van der Waals surface area (Å²) in [5.74, 6) is 2.61. The molecule has 3 aliphatic heterocycles. The molecule has 12 nitrogen and oxygen atoms in total. The van der Waals surface area contributed by atoms with Gasteiger partial charge in [0.25, 0.3) is 0 Å². The predicted octanol–water partition coefficient (Wildman–Crippen LogP) is 3.83. The highest BCUT2D eigenvalue weighted by Crippen LogP contribution is 2.36. The number of aromatic nitrogens is 5. The van der Waals surface area contributed by atoms with Crippen molar-refractivity contribution in [3.05, 3.63) is 70.4 Å². The van der Waals surface area contributed by atoms with Crippen LogP contribution in [0.4, 0.5) is 29.4 Å². The molecule has 0 spiro atoms.